The monoisotopic (exact) mass is 541 g/mol. The molecule has 0 saturated carbocycles. The number of nitrogens with zero attached hydrogens (tertiary/aromatic N) is 3. The lowest BCUT2D eigenvalue weighted by molar-refractivity contribution is -0.136. The van der Waals surface area contributed by atoms with Crippen LogP contribution in [0.1, 0.15) is 50.2 Å². The van der Waals surface area contributed by atoms with Crippen LogP contribution in [0, 0.1) is 0 Å². The van der Waals surface area contributed by atoms with E-state index >= 15 is 0 Å². The van der Waals surface area contributed by atoms with Crippen LogP contribution in [-0.2, 0) is 20.4 Å². The number of ketones is 1. The molecule has 9 heteroatoms. The summed E-state index contributed by atoms with van der Waals surface area (Å²) in [6.07, 6.45) is 3.10. The van der Waals surface area contributed by atoms with Crippen molar-refractivity contribution in [1.29, 1.82) is 0 Å². The lowest BCUT2D eigenvalue weighted by Crippen LogP contribution is -2.56. The topological polar surface area (TPSA) is 123 Å². The molecule has 1 atom stereocenters. The van der Waals surface area contributed by atoms with Gasteiger partial charge in [-0.15, -0.1) is 0 Å². The van der Waals surface area contributed by atoms with E-state index < -0.39 is 10.8 Å². The molecule has 2 aromatic heterocycles. The highest BCUT2D eigenvalue weighted by atomic mass is 16.5. The minimum atomic E-state index is -0.761. The first-order valence-electron chi connectivity index (χ1n) is 13.4. The molecule has 0 aliphatic carbocycles. The van der Waals surface area contributed by atoms with Crippen LogP contribution < -0.4 is 15.2 Å². The Morgan fingerprint density at radius 2 is 1.70 bits per heavy atom. The van der Waals surface area contributed by atoms with Crippen LogP contribution in [0.2, 0.25) is 0 Å². The molecule has 1 fully saturated rings. The van der Waals surface area contributed by atoms with Crippen molar-refractivity contribution < 1.29 is 19.1 Å². The van der Waals surface area contributed by atoms with Crippen molar-refractivity contribution in [2.24, 2.45) is 0 Å². The van der Waals surface area contributed by atoms with Crippen molar-refractivity contribution >= 4 is 28.4 Å². The molecule has 3 heterocycles. The van der Waals surface area contributed by atoms with Crippen LogP contribution in [0.15, 0.2) is 60.8 Å². The summed E-state index contributed by atoms with van der Waals surface area (Å²) >= 11 is 0. The van der Waals surface area contributed by atoms with E-state index in [2.05, 4.69) is 30.1 Å². The highest BCUT2D eigenvalue weighted by Gasteiger charge is 2.55. The number of amides is 1. The summed E-state index contributed by atoms with van der Waals surface area (Å²) in [4.78, 5) is 39.8. The zero-order chi connectivity index (χ0) is 28.5. The fourth-order valence-electron chi connectivity index (χ4n) is 6.23. The summed E-state index contributed by atoms with van der Waals surface area (Å²) in [5.74, 6) is 1.75. The van der Waals surface area contributed by atoms with E-state index in [9.17, 15) is 9.59 Å². The third kappa shape index (κ3) is 4.45. The van der Waals surface area contributed by atoms with Gasteiger partial charge in [0.15, 0.2) is 11.5 Å². The SMILES string of the molecule is COc1cc2nc(C(C)(c3ccc[nH]3)C3(c4ccccc4)CCN(C(=O)CC(C)=O)CC3)nc(N)c2cc1OC. The highest BCUT2D eigenvalue weighted by molar-refractivity contribution is 5.96. The van der Waals surface area contributed by atoms with Crippen LogP contribution in [0.5, 0.6) is 11.5 Å². The van der Waals surface area contributed by atoms with Crippen molar-refractivity contribution in [1.82, 2.24) is 19.9 Å². The molecule has 3 N–H and O–H groups in total. The first-order chi connectivity index (χ1) is 19.2. The summed E-state index contributed by atoms with van der Waals surface area (Å²) < 4.78 is 11.0. The van der Waals surface area contributed by atoms with Gasteiger partial charge in [0.1, 0.15) is 17.4 Å². The van der Waals surface area contributed by atoms with Gasteiger partial charge in [-0.1, -0.05) is 30.3 Å². The minimum absolute atomic E-state index is 0.0815. The zero-order valence-electron chi connectivity index (χ0n) is 23.4. The van der Waals surface area contributed by atoms with Gasteiger partial charge in [-0.2, -0.15) is 0 Å². The number of nitrogens with two attached hydrogens (primary N) is 1. The Bertz CT molecular complexity index is 1530. The number of anilines is 1. The number of Topliss-reactive ketones (excluding diaryl/α,β-unsaturated/α-hetero) is 1. The van der Waals surface area contributed by atoms with Crippen LogP contribution in [-0.4, -0.2) is 58.9 Å². The Hall–Kier alpha value is -4.40. The van der Waals surface area contributed by atoms with Gasteiger partial charge in [-0.05, 0) is 50.5 Å². The summed E-state index contributed by atoms with van der Waals surface area (Å²) in [5.41, 5.74) is 8.06. The predicted molar refractivity (Wildman–Crippen MR) is 154 cm³/mol. The third-order valence-electron chi connectivity index (χ3n) is 8.47. The van der Waals surface area contributed by atoms with E-state index in [1.54, 1.807) is 25.2 Å². The average Bonchev–Trinajstić information content (AvgIpc) is 3.52. The molecule has 1 amide bonds. The Kier molecular flexibility index (Phi) is 7.23. The molecule has 0 radical (unpaired) electrons. The number of likely N-dealkylation sites (tertiary alicyclic amines) is 1. The normalized spacial score (nSPS) is 16.4. The summed E-state index contributed by atoms with van der Waals surface area (Å²) in [6.45, 7) is 4.61. The lowest BCUT2D eigenvalue weighted by Gasteiger charge is -2.52. The molecular weight excluding hydrogens is 506 g/mol. The van der Waals surface area contributed by atoms with Crippen molar-refractivity contribution in [3.63, 3.8) is 0 Å². The number of piperidine rings is 1. The van der Waals surface area contributed by atoms with E-state index in [4.69, 9.17) is 25.2 Å². The van der Waals surface area contributed by atoms with Crippen LogP contribution >= 0.6 is 0 Å². The van der Waals surface area contributed by atoms with Crippen molar-refractivity contribution in [2.75, 3.05) is 33.0 Å². The van der Waals surface area contributed by atoms with Crippen molar-refractivity contribution in [3.8, 4) is 11.5 Å². The van der Waals surface area contributed by atoms with Gasteiger partial charge in [0.2, 0.25) is 5.91 Å². The number of fused-ring (bicyclic) bond motifs is 1. The van der Waals surface area contributed by atoms with E-state index in [-0.39, 0.29) is 18.1 Å². The first-order valence-corrected chi connectivity index (χ1v) is 13.4. The maximum absolute atomic E-state index is 12.8. The van der Waals surface area contributed by atoms with Gasteiger partial charge in [0.05, 0.1) is 31.6 Å². The number of aromatic amines is 1. The molecule has 40 heavy (non-hydrogen) atoms. The van der Waals surface area contributed by atoms with Gasteiger partial charge in [-0.25, -0.2) is 9.97 Å². The number of rotatable bonds is 8. The molecule has 1 unspecified atom stereocenters. The fraction of sp³-hybridized carbons (Fsp3) is 0.355. The van der Waals surface area contributed by atoms with Crippen molar-refractivity contribution in [2.45, 2.75) is 43.9 Å². The van der Waals surface area contributed by atoms with Gasteiger partial charge in [0.25, 0.3) is 0 Å². The van der Waals surface area contributed by atoms with E-state index in [0.717, 1.165) is 11.3 Å². The van der Waals surface area contributed by atoms with Gasteiger partial charge in [0, 0.05) is 41.8 Å². The largest absolute Gasteiger partial charge is 0.493 e. The standard InChI is InChI=1S/C31H35N5O4/c1-20(37)17-27(38)36-15-12-31(13-16-36,21-9-6-5-7-10-21)30(2,26-11-8-14-33-26)29-34-23-19-25(40-4)24(39-3)18-22(23)28(32)35-29/h5-11,14,18-19,33H,12-13,15-17H2,1-4H3,(H2,32,34,35). The molecule has 9 nitrogen and oxygen atoms in total. The number of benzene rings is 2. The van der Waals surface area contributed by atoms with Gasteiger partial charge >= 0.3 is 0 Å². The number of hydrogen-bond acceptors (Lipinski definition) is 7. The quantitative estimate of drug-likeness (QED) is 0.317. The second-order valence-electron chi connectivity index (χ2n) is 10.6. The predicted octanol–water partition coefficient (Wildman–Crippen LogP) is 4.40. The Labute approximate surface area is 233 Å². The van der Waals surface area contributed by atoms with E-state index in [0.29, 0.717) is 60.0 Å². The number of H-pyrrole nitrogens is 1. The molecule has 208 valence electrons. The molecule has 4 aromatic rings. The molecular formula is C31H35N5O4. The average molecular weight is 542 g/mol. The Balaban J connectivity index is 1.71. The van der Waals surface area contributed by atoms with E-state index in [1.165, 1.54) is 6.92 Å². The van der Waals surface area contributed by atoms with Gasteiger partial charge in [-0.3, -0.25) is 9.59 Å². The highest BCUT2D eigenvalue weighted by Crippen LogP contribution is 2.53. The van der Waals surface area contributed by atoms with E-state index in [1.807, 2.05) is 36.5 Å². The Morgan fingerprint density at radius 3 is 2.30 bits per heavy atom. The number of aromatic nitrogens is 3. The van der Waals surface area contributed by atoms with Crippen LogP contribution in [0.25, 0.3) is 10.9 Å². The smallest absolute Gasteiger partial charge is 0.230 e. The van der Waals surface area contributed by atoms with Crippen LogP contribution in [0.4, 0.5) is 5.82 Å². The molecule has 0 spiro atoms. The van der Waals surface area contributed by atoms with Crippen LogP contribution in [0.3, 0.4) is 0 Å². The number of carbonyl (C=O) groups is 2. The molecule has 0 bridgehead atoms. The second kappa shape index (κ2) is 10.6. The molecule has 2 aromatic carbocycles. The molecule has 1 aliphatic heterocycles. The number of nitrogens with one attached hydrogen (secondary N) is 1. The Morgan fingerprint density at radius 1 is 1.02 bits per heavy atom. The number of carbonyl (C=O) groups excluding carboxylic acids is 2. The number of nitrogen functional groups attached to an aromatic ring is 1. The summed E-state index contributed by atoms with van der Waals surface area (Å²) in [5, 5.41) is 0.675. The molecule has 5 rings (SSSR count). The zero-order valence-corrected chi connectivity index (χ0v) is 23.4. The minimum Gasteiger partial charge on any atom is -0.493 e. The summed E-state index contributed by atoms with van der Waals surface area (Å²) in [7, 11) is 3.16. The number of hydrogen-bond donors (Lipinski definition) is 2. The molecule has 1 saturated heterocycles. The lowest BCUT2D eigenvalue weighted by atomic mass is 9.54. The second-order valence-corrected chi connectivity index (χ2v) is 10.6. The fourth-order valence-corrected chi connectivity index (χ4v) is 6.23. The third-order valence-corrected chi connectivity index (χ3v) is 8.47. The summed E-state index contributed by atoms with van der Waals surface area (Å²) in [6, 6.07) is 18.0. The van der Waals surface area contributed by atoms with Crippen molar-refractivity contribution in [3.05, 3.63) is 77.9 Å². The first kappa shape index (κ1) is 27.2. The maximum Gasteiger partial charge on any atom is 0.230 e. The number of methoxy groups -OCH3 is 2. The molecule has 1 aliphatic rings. The maximum atomic E-state index is 12.8. The number of ether oxygens (including phenoxy) is 2. The van der Waals surface area contributed by atoms with Gasteiger partial charge < -0.3 is 25.1 Å².